The van der Waals surface area contributed by atoms with E-state index in [1.165, 1.54) is 57.9 Å². The van der Waals surface area contributed by atoms with Gasteiger partial charge in [0.2, 0.25) is 5.54 Å². The lowest BCUT2D eigenvalue weighted by molar-refractivity contribution is -0.122. The summed E-state index contributed by atoms with van der Waals surface area (Å²) in [5.74, 6) is -1.66. The highest BCUT2D eigenvalue weighted by molar-refractivity contribution is 6.23. The number of phenols is 1. The summed E-state index contributed by atoms with van der Waals surface area (Å²) < 4.78 is 30.9. The maximum atomic E-state index is 14.5. The van der Waals surface area contributed by atoms with Gasteiger partial charge in [0.15, 0.2) is 0 Å². The smallest absolute Gasteiger partial charge is 0.285 e. The van der Waals surface area contributed by atoms with E-state index in [1.54, 1.807) is 32.0 Å². The zero-order valence-corrected chi connectivity index (χ0v) is 18.7. The first-order valence-electron chi connectivity index (χ1n) is 10.9. The van der Waals surface area contributed by atoms with E-state index < -0.39 is 28.6 Å². The van der Waals surface area contributed by atoms with Gasteiger partial charge < -0.3 is 5.11 Å². The highest BCUT2D eigenvalue weighted by atomic mass is 19.1. The predicted octanol–water partition coefficient (Wildman–Crippen LogP) is 4.08. The van der Waals surface area contributed by atoms with Crippen molar-refractivity contribution in [3.8, 4) is 22.6 Å². The van der Waals surface area contributed by atoms with Crippen LogP contribution in [0.5, 0.6) is 5.75 Å². The van der Waals surface area contributed by atoms with Crippen molar-refractivity contribution in [2.24, 2.45) is 5.10 Å². The van der Waals surface area contributed by atoms with E-state index in [0.717, 1.165) is 5.01 Å². The first-order valence-corrected chi connectivity index (χ1v) is 10.9. The standard InChI is InChI=1S/C26H18F2N4O3/c1-14-23(19-5-3-4-6-22(19)33)24(34)31-21-12-9-17(28)13-20(21)26(32(14)31)15(2)29-30(25(26)35)18-10-7-16(27)8-11-18/h3-13,33H,1-2H3. The van der Waals surface area contributed by atoms with Gasteiger partial charge in [0.05, 0.1) is 22.6 Å². The molecule has 1 spiro atoms. The van der Waals surface area contributed by atoms with Crippen molar-refractivity contribution in [1.29, 1.82) is 0 Å². The van der Waals surface area contributed by atoms with Gasteiger partial charge in [-0.15, -0.1) is 0 Å². The van der Waals surface area contributed by atoms with Crippen molar-refractivity contribution in [2.75, 3.05) is 5.01 Å². The topological polar surface area (TPSA) is 79.8 Å². The molecular formula is C26H18F2N4O3. The number of hydrogen-bond acceptors (Lipinski definition) is 4. The van der Waals surface area contributed by atoms with E-state index in [1.807, 2.05) is 0 Å². The summed E-state index contributed by atoms with van der Waals surface area (Å²) in [6.45, 7) is 3.31. The second-order valence-corrected chi connectivity index (χ2v) is 8.56. The Balaban J connectivity index is 1.68. The number of carbonyl (C=O) groups is 1. The minimum atomic E-state index is -1.64. The Morgan fingerprint density at radius 1 is 0.914 bits per heavy atom. The van der Waals surface area contributed by atoms with Crippen LogP contribution in [0.1, 0.15) is 18.2 Å². The maximum Gasteiger partial charge on any atom is 0.285 e. The number of benzene rings is 3. The van der Waals surface area contributed by atoms with Crippen molar-refractivity contribution in [1.82, 2.24) is 9.36 Å². The summed E-state index contributed by atoms with van der Waals surface area (Å²) in [6.07, 6.45) is 0. The minimum Gasteiger partial charge on any atom is -0.507 e. The molecule has 2 aliphatic heterocycles. The van der Waals surface area contributed by atoms with E-state index in [4.69, 9.17) is 0 Å². The van der Waals surface area contributed by atoms with E-state index in [2.05, 4.69) is 5.10 Å². The van der Waals surface area contributed by atoms with Gasteiger partial charge in [-0.2, -0.15) is 10.1 Å². The third kappa shape index (κ3) is 2.55. The molecule has 1 aromatic heterocycles. The molecule has 0 radical (unpaired) electrons. The molecule has 4 aromatic rings. The second-order valence-electron chi connectivity index (χ2n) is 8.56. The van der Waals surface area contributed by atoms with E-state index in [0.29, 0.717) is 28.3 Å². The molecule has 0 saturated carbocycles. The molecule has 0 saturated heterocycles. The molecule has 6 rings (SSSR count). The number of aromatic hydroxyl groups is 1. The van der Waals surface area contributed by atoms with Crippen LogP contribution in [0.2, 0.25) is 0 Å². The van der Waals surface area contributed by atoms with Gasteiger partial charge in [0.25, 0.3) is 11.5 Å². The monoisotopic (exact) mass is 472 g/mol. The van der Waals surface area contributed by atoms with Gasteiger partial charge in [-0.1, -0.05) is 18.2 Å². The van der Waals surface area contributed by atoms with Crippen LogP contribution in [0.3, 0.4) is 0 Å². The largest absolute Gasteiger partial charge is 0.507 e. The van der Waals surface area contributed by atoms with Gasteiger partial charge in [-0.05, 0) is 62.4 Å². The van der Waals surface area contributed by atoms with Crippen LogP contribution in [-0.4, -0.2) is 26.1 Å². The molecule has 0 bridgehead atoms. The van der Waals surface area contributed by atoms with Gasteiger partial charge in [-0.3, -0.25) is 14.3 Å². The SMILES string of the molecule is CC1=NN(c2ccc(F)cc2)C(=O)C12c1cc(F)ccc1-n1c(=O)c(-c3ccccc3O)c(C)n12. The van der Waals surface area contributed by atoms with Crippen molar-refractivity contribution < 1.29 is 18.7 Å². The van der Waals surface area contributed by atoms with E-state index in [-0.39, 0.29) is 16.9 Å². The zero-order chi connectivity index (χ0) is 24.6. The molecule has 1 N–H and O–H groups in total. The average Bonchev–Trinajstić information content (AvgIpc) is 3.38. The Bertz CT molecular complexity index is 1650. The Morgan fingerprint density at radius 3 is 2.31 bits per heavy atom. The maximum absolute atomic E-state index is 14.5. The lowest BCUT2D eigenvalue weighted by Crippen LogP contribution is -2.48. The quantitative estimate of drug-likeness (QED) is 0.478. The number of anilines is 1. The van der Waals surface area contributed by atoms with E-state index >= 15 is 0 Å². The molecule has 3 aromatic carbocycles. The number of phenolic OH excluding ortho intramolecular Hbond substituents is 1. The van der Waals surface area contributed by atoms with Crippen molar-refractivity contribution in [3.05, 3.63) is 100.0 Å². The number of fused-ring (bicyclic) bond motifs is 5. The minimum absolute atomic E-state index is 0.0815. The van der Waals surface area contributed by atoms with E-state index in [9.17, 15) is 23.5 Å². The summed E-state index contributed by atoms with van der Waals surface area (Å²) in [5.41, 5.74) is 0.0902. The van der Waals surface area contributed by atoms with Crippen LogP contribution in [-0.2, 0) is 10.3 Å². The molecule has 1 amide bonds. The zero-order valence-electron chi connectivity index (χ0n) is 18.7. The molecule has 1 unspecified atom stereocenters. The highest BCUT2D eigenvalue weighted by Gasteiger charge is 2.59. The number of nitrogens with zero attached hydrogens (tertiary/aromatic N) is 4. The highest BCUT2D eigenvalue weighted by Crippen LogP contribution is 2.46. The number of aromatic nitrogens is 2. The number of carbonyl (C=O) groups excluding carboxylic acids is 1. The van der Waals surface area contributed by atoms with Crippen molar-refractivity contribution in [2.45, 2.75) is 19.4 Å². The molecule has 174 valence electrons. The van der Waals surface area contributed by atoms with Gasteiger partial charge >= 0.3 is 0 Å². The Kier molecular flexibility index (Phi) is 4.20. The Labute approximate surface area is 197 Å². The number of hydrogen-bond donors (Lipinski definition) is 1. The first-order chi connectivity index (χ1) is 16.8. The Morgan fingerprint density at radius 2 is 1.60 bits per heavy atom. The number of amides is 1. The van der Waals surface area contributed by atoms with Crippen LogP contribution in [0, 0.1) is 18.6 Å². The van der Waals surface area contributed by atoms with Gasteiger partial charge in [-0.25, -0.2) is 13.5 Å². The van der Waals surface area contributed by atoms with Crippen LogP contribution in [0.15, 0.2) is 76.6 Å². The molecule has 3 heterocycles. The van der Waals surface area contributed by atoms with Crippen LogP contribution >= 0.6 is 0 Å². The molecule has 2 aliphatic rings. The Hall–Kier alpha value is -4.53. The summed E-state index contributed by atoms with van der Waals surface area (Å²) in [6, 6.07) is 15.6. The molecule has 0 fully saturated rings. The molecule has 9 heteroatoms. The summed E-state index contributed by atoms with van der Waals surface area (Å²) in [4.78, 5) is 27.9. The fraction of sp³-hybridized carbons (Fsp3) is 0.115. The molecular weight excluding hydrogens is 454 g/mol. The molecule has 0 aliphatic carbocycles. The average molecular weight is 472 g/mol. The van der Waals surface area contributed by atoms with Crippen LogP contribution in [0.4, 0.5) is 14.5 Å². The summed E-state index contributed by atoms with van der Waals surface area (Å²) in [7, 11) is 0. The van der Waals surface area contributed by atoms with Gasteiger partial charge in [0, 0.05) is 16.8 Å². The van der Waals surface area contributed by atoms with Crippen molar-refractivity contribution in [3.63, 3.8) is 0 Å². The van der Waals surface area contributed by atoms with Crippen LogP contribution in [0.25, 0.3) is 16.8 Å². The predicted molar refractivity (Wildman–Crippen MR) is 126 cm³/mol. The van der Waals surface area contributed by atoms with Crippen LogP contribution < -0.4 is 10.6 Å². The summed E-state index contributed by atoms with van der Waals surface area (Å²) in [5, 5.41) is 16.1. The number of hydrazone groups is 1. The fourth-order valence-electron chi connectivity index (χ4n) is 5.21. The number of rotatable bonds is 2. The molecule has 35 heavy (non-hydrogen) atoms. The van der Waals surface area contributed by atoms with Gasteiger partial charge in [0.1, 0.15) is 17.4 Å². The second kappa shape index (κ2) is 6.99. The number of para-hydroxylation sites is 1. The molecule has 1 atom stereocenters. The van der Waals surface area contributed by atoms with Crippen molar-refractivity contribution >= 4 is 17.3 Å². The normalized spacial score (nSPS) is 18.2. The molecule has 7 nitrogen and oxygen atoms in total. The first kappa shape index (κ1) is 21.0. The lowest BCUT2D eigenvalue weighted by Gasteiger charge is -2.27. The number of halogens is 2. The lowest BCUT2D eigenvalue weighted by atomic mass is 9.84. The fourth-order valence-corrected chi connectivity index (χ4v) is 5.21. The third-order valence-electron chi connectivity index (χ3n) is 6.70. The third-order valence-corrected chi connectivity index (χ3v) is 6.70. The summed E-state index contributed by atoms with van der Waals surface area (Å²) >= 11 is 0.